The number of carbonyl (C=O) groups excluding carboxylic acids is 1. The smallest absolute Gasteiger partial charge is 0.416 e. The van der Waals surface area contributed by atoms with E-state index in [9.17, 15) is 18.0 Å². The molecule has 0 aliphatic carbocycles. The van der Waals surface area contributed by atoms with Crippen LogP contribution in [0.3, 0.4) is 0 Å². The first-order valence-electron chi connectivity index (χ1n) is 12.1. The molecule has 0 radical (unpaired) electrons. The van der Waals surface area contributed by atoms with Crippen molar-refractivity contribution in [2.75, 3.05) is 20.8 Å². The average Bonchev–Trinajstić information content (AvgIpc) is 2.90. The Morgan fingerprint density at radius 3 is 2.13 bits per heavy atom. The third-order valence-corrected chi connectivity index (χ3v) is 7.38. The number of alkyl halides is 3. The van der Waals surface area contributed by atoms with Gasteiger partial charge < -0.3 is 15.2 Å². The lowest BCUT2D eigenvalue weighted by Gasteiger charge is -2.47. The Bertz CT molecular complexity index is 1250. The Kier molecular flexibility index (Phi) is 9.00. The summed E-state index contributed by atoms with van der Waals surface area (Å²) in [6.07, 6.45) is -2.64. The molecule has 0 saturated heterocycles. The summed E-state index contributed by atoms with van der Waals surface area (Å²) in [6.45, 7) is 2.40. The van der Waals surface area contributed by atoms with Gasteiger partial charge >= 0.3 is 6.18 Å². The van der Waals surface area contributed by atoms with Gasteiger partial charge in [-0.25, -0.2) is 0 Å². The molecule has 1 aliphatic heterocycles. The number of carbonyl (C=O) groups is 1. The fourth-order valence-electron chi connectivity index (χ4n) is 5.25. The van der Waals surface area contributed by atoms with Crippen LogP contribution in [-0.4, -0.2) is 31.6 Å². The van der Waals surface area contributed by atoms with Gasteiger partial charge in [0.15, 0.2) is 11.5 Å². The number of amides is 1. The van der Waals surface area contributed by atoms with Gasteiger partial charge in [0.2, 0.25) is 5.91 Å². The first-order chi connectivity index (χ1) is 17.6. The van der Waals surface area contributed by atoms with Gasteiger partial charge in [-0.1, -0.05) is 42.5 Å². The summed E-state index contributed by atoms with van der Waals surface area (Å²) in [5, 5.41) is 0. The molecule has 1 amide bonds. The van der Waals surface area contributed by atoms with Crippen molar-refractivity contribution in [3.63, 3.8) is 0 Å². The van der Waals surface area contributed by atoms with Gasteiger partial charge in [-0.3, -0.25) is 9.69 Å². The highest BCUT2D eigenvalue weighted by atomic mass is 35.5. The van der Waals surface area contributed by atoms with Crippen LogP contribution in [0.2, 0.25) is 0 Å². The second-order valence-corrected chi connectivity index (χ2v) is 9.40. The van der Waals surface area contributed by atoms with Crippen molar-refractivity contribution in [3.05, 3.63) is 94.5 Å². The normalized spacial score (nSPS) is 17.1. The van der Waals surface area contributed by atoms with Crippen LogP contribution in [0.1, 0.15) is 47.2 Å². The van der Waals surface area contributed by atoms with E-state index in [1.54, 1.807) is 14.2 Å². The highest BCUT2D eigenvalue weighted by Gasteiger charge is 2.45. The molecule has 3 aromatic carbocycles. The van der Waals surface area contributed by atoms with E-state index in [1.165, 1.54) is 12.1 Å². The van der Waals surface area contributed by atoms with Crippen LogP contribution in [-0.2, 0) is 29.4 Å². The standard InChI is InChI=1S/C29H31F3N2O3.ClH/c1-28(27(33)35,21-7-5-4-6-8-21)34-16-15-20-17-25(36-2)26(37-3)18-23(20)24(34)14-11-19-9-12-22(13-10-19)29(30,31)32;/h4-10,12-13,17-18,24H,11,14-16H2,1-3H3,(H2,33,35);1H. The highest BCUT2D eigenvalue weighted by Crippen LogP contribution is 2.45. The average molecular weight is 549 g/mol. The van der Waals surface area contributed by atoms with Crippen molar-refractivity contribution in [2.24, 2.45) is 5.73 Å². The summed E-state index contributed by atoms with van der Waals surface area (Å²) in [5.41, 5.74) is 7.90. The number of hydrogen-bond acceptors (Lipinski definition) is 4. The Labute approximate surface area is 227 Å². The number of aryl methyl sites for hydroxylation is 1. The Hall–Kier alpha value is -3.23. The topological polar surface area (TPSA) is 64.8 Å². The Morgan fingerprint density at radius 2 is 1.58 bits per heavy atom. The van der Waals surface area contributed by atoms with Gasteiger partial charge in [-0.15, -0.1) is 12.4 Å². The number of benzene rings is 3. The summed E-state index contributed by atoms with van der Waals surface area (Å²) in [6, 6.07) is 18.3. The third kappa shape index (κ3) is 5.61. The zero-order chi connectivity index (χ0) is 26.8. The number of fused-ring (bicyclic) bond motifs is 1. The molecule has 1 heterocycles. The van der Waals surface area contributed by atoms with Crippen molar-refractivity contribution >= 4 is 18.3 Å². The van der Waals surface area contributed by atoms with E-state index < -0.39 is 23.2 Å². The molecule has 2 atom stereocenters. The summed E-state index contributed by atoms with van der Waals surface area (Å²) in [4.78, 5) is 15.2. The van der Waals surface area contributed by atoms with E-state index in [0.29, 0.717) is 37.3 Å². The first-order valence-corrected chi connectivity index (χ1v) is 12.1. The highest BCUT2D eigenvalue weighted by molar-refractivity contribution is 5.86. The summed E-state index contributed by atoms with van der Waals surface area (Å²) in [5.74, 6) is 0.724. The fraction of sp³-hybridized carbons (Fsp3) is 0.345. The molecule has 5 nitrogen and oxygen atoms in total. The predicted octanol–water partition coefficient (Wildman–Crippen LogP) is 6.08. The molecular formula is C29H32ClF3N2O3. The second kappa shape index (κ2) is 11.7. The third-order valence-electron chi connectivity index (χ3n) is 7.38. The zero-order valence-electron chi connectivity index (χ0n) is 21.5. The van der Waals surface area contributed by atoms with Gasteiger partial charge in [-0.2, -0.15) is 13.2 Å². The number of nitrogens with two attached hydrogens (primary N) is 1. The molecule has 38 heavy (non-hydrogen) atoms. The van der Waals surface area contributed by atoms with Crippen molar-refractivity contribution in [3.8, 4) is 11.5 Å². The fourth-order valence-corrected chi connectivity index (χ4v) is 5.25. The number of ether oxygens (including phenoxy) is 2. The van der Waals surface area contributed by atoms with Crippen LogP contribution >= 0.6 is 12.4 Å². The maximum absolute atomic E-state index is 13.0. The zero-order valence-corrected chi connectivity index (χ0v) is 22.4. The van der Waals surface area contributed by atoms with Gasteiger partial charge in [0.1, 0.15) is 5.54 Å². The first kappa shape index (κ1) is 29.3. The summed E-state index contributed by atoms with van der Waals surface area (Å²) in [7, 11) is 3.15. The molecule has 0 fully saturated rings. The molecule has 2 unspecified atom stereocenters. The van der Waals surface area contributed by atoms with Crippen LogP contribution in [0.15, 0.2) is 66.7 Å². The van der Waals surface area contributed by atoms with E-state index in [-0.39, 0.29) is 18.4 Å². The number of hydrogen-bond donors (Lipinski definition) is 1. The number of primary amides is 1. The van der Waals surface area contributed by atoms with Crippen LogP contribution in [0, 0.1) is 0 Å². The summed E-state index contributed by atoms with van der Waals surface area (Å²) >= 11 is 0. The van der Waals surface area contributed by atoms with E-state index >= 15 is 0 Å². The molecule has 204 valence electrons. The predicted molar refractivity (Wildman–Crippen MR) is 143 cm³/mol. The van der Waals surface area contributed by atoms with Crippen molar-refractivity contribution in [1.82, 2.24) is 4.90 Å². The lowest BCUT2D eigenvalue weighted by Crippen LogP contribution is -2.56. The minimum atomic E-state index is -4.38. The molecule has 9 heteroatoms. The monoisotopic (exact) mass is 548 g/mol. The van der Waals surface area contributed by atoms with Gasteiger partial charge in [0.05, 0.1) is 19.8 Å². The SMILES string of the molecule is COc1cc2c(cc1OC)C(CCc1ccc(C(F)(F)F)cc1)N(C(C)(C(N)=O)c1ccccc1)CC2.Cl. The molecule has 0 aromatic heterocycles. The van der Waals surface area contributed by atoms with Crippen molar-refractivity contribution in [1.29, 1.82) is 0 Å². The van der Waals surface area contributed by atoms with Crippen LogP contribution in [0.25, 0.3) is 0 Å². The number of nitrogens with zero attached hydrogens (tertiary/aromatic N) is 1. The minimum Gasteiger partial charge on any atom is -0.493 e. The molecule has 0 saturated carbocycles. The van der Waals surface area contributed by atoms with Gasteiger partial charge in [0, 0.05) is 12.6 Å². The molecule has 0 spiro atoms. The quantitative estimate of drug-likeness (QED) is 0.371. The van der Waals surface area contributed by atoms with E-state index in [0.717, 1.165) is 34.4 Å². The molecule has 0 bridgehead atoms. The van der Waals surface area contributed by atoms with E-state index in [1.807, 2.05) is 49.4 Å². The lowest BCUT2D eigenvalue weighted by atomic mass is 9.81. The maximum Gasteiger partial charge on any atom is 0.416 e. The van der Waals surface area contributed by atoms with Crippen LogP contribution in [0.4, 0.5) is 13.2 Å². The van der Waals surface area contributed by atoms with Crippen LogP contribution < -0.4 is 15.2 Å². The Balaban J connectivity index is 0.00000400. The number of rotatable bonds is 8. The molecule has 3 aromatic rings. The van der Waals surface area contributed by atoms with Crippen molar-refractivity contribution in [2.45, 2.75) is 43.9 Å². The molecule has 4 rings (SSSR count). The number of methoxy groups -OCH3 is 2. The molecule has 2 N–H and O–H groups in total. The van der Waals surface area contributed by atoms with Crippen molar-refractivity contribution < 1.29 is 27.4 Å². The van der Waals surface area contributed by atoms with E-state index in [2.05, 4.69) is 4.90 Å². The van der Waals surface area contributed by atoms with E-state index in [4.69, 9.17) is 15.2 Å². The Morgan fingerprint density at radius 1 is 0.974 bits per heavy atom. The number of halogens is 4. The van der Waals surface area contributed by atoms with Gasteiger partial charge in [0.25, 0.3) is 0 Å². The lowest BCUT2D eigenvalue weighted by molar-refractivity contribution is -0.137. The van der Waals surface area contributed by atoms with Crippen LogP contribution in [0.5, 0.6) is 11.5 Å². The minimum absolute atomic E-state index is 0. The molecular weight excluding hydrogens is 517 g/mol. The second-order valence-electron chi connectivity index (χ2n) is 9.40. The van der Waals surface area contributed by atoms with Gasteiger partial charge in [-0.05, 0) is 72.7 Å². The summed E-state index contributed by atoms with van der Waals surface area (Å²) < 4.78 is 50.2. The maximum atomic E-state index is 13.0. The molecule has 1 aliphatic rings. The largest absolute Gasteiger partial charge is 0.493 e.